The summed E-state index contributed by atoms with van der Waals surface area (Å²) in [5.41, 5.74) is -3.79. The molecule has 1 saturated carbocycles. The van der Waals surface area contributed by atoms with Crippen molar-refractivity contribution in [1.82, 2.24) is 0 Å². The van der Waals surface area contributed by atoms with Gasteiger partial charge in [-0.1, -0.05) is 0 Å². The molecular weight excluding hydrogens is 368 g/mol. The normalized spacial score (nSPS) is 16.0. The topological polar surface area (TPSA) is 55.7 Å². The number of nitrogens with zero attached hydrogens (tertiary/aromatic N) is 1. The molecule has 2 rings (SSSR count). The van der Waals surface area contributed by atoms with E-state index >= 15 is 0 Å². The van der Waals surface area contributed by atoms with E-state index in [9.17, 15) is 35.9 Å². The van der Waals surface area contributed by atoms with Gasteiger partial charge in [-0.3, -0.25) is 14.6 Å². The van der Waals surface area contributed by atoms with Crippen molar-refractivity contribution in [2.24, 2.45) is 10.9 Å². The smallest absolute Gasteiger partial charge is 0.417 e. The zero-order valence-corrected chi connectivity index (χ0v) is 13.4. The van der Waals surface area contributed by atoms with E-state index in [-0.39, 0.29) is 18.7 Å². The molecule has 1 aliphatic rings. The minimum absolute atomic E-state index is 0.198. The number of alkyl halides is 3. The number of rotatable bonds is 6. The van der Waals surface area contributed by atoms with Crippen LogP contribution in [0, 0.1) is 23.4 Å². The fourth-order valence-corrected chi connectivity index (χ4v) is 2.11. The number of hydrogen-bond acceptors (Lipinski definition) is 4. The van der Waals surface area contributed by atoms with E-state index in [0.29, 0.717) is 12.8 Å². The molecule has 4 nitrogen and oxygen atoms in total. The number of esters is 1. The van der Waals surface area contributed by atoms with Crippen LogP contribution in [0.3, 0.4) is 0 Å². The molecular formula is C16H13F6NO3. The van der Waals surface area contributed by atoms with Gasteiger partial charge in [0.1, 0.15) is 0 Å². The first-order chi connectivity index (χ1) is 12.1. The van der Waals surface area contributed by atoms with Crippen LogP contribution in [0.2, 0.25) is 0 Å². The number of ether oxygens (including phenoxy) is 1. The molecule has 1 aliphatic carbocycles. The summed E-state index contributed by atoms with van der Waals surface area (Å²) < 4.78 is 84.5. The Bertz CT molecular complexity index is 755. The highest BCUT2D eigenvalue weighted by molar-refractivity contribution is 6.19. The van der Waals surface area contributed by atoms with Gasteiger partial charge in [0.2, 0.25) is 0 Å². The third kappa shape index (κ3) is 4.23. The highest BCUT2D eigenvalue weighted by Gasteiger charge is 2.42. The van der Waals surface area contributed by atoms with Gasteiger partial charge in [-0.2, -0.15) is 13.2 Å². The zero-order valence-electron chi connectivity index (χ0n) is 13.4. The minimum Gasteiger partial charge on any atom is -0.465 e. The highest BCUT2D eigenvalue weighted by Crippen LogP contribution is 2.36. The molecule has 0 bridgehead atoms. The Labute approximate surface area is 143 Å². The minimum atomic E-state index is -5.35. The lowest BCUT2D eigenvalue weighted by Crippen LogP contribution is -2.31. The van der Waals surface area contributed by atoms with Gasteiger partial charge in [-0.15, -0.1) is 0 Å². The SMILES string of the molecule is CCOC(=O)C(C=NC1CC1)C(=O)c1c(C(F)(F)F)cc(F)c(F)c1F. The molecule has 1 aromatic rings. The van der Waals surface area contributed by atoms with Gasteiger partial charge >= 0.3 is 12.1 Å². The molecule has 26 heavy (non-hydrogen) atoms. The predicted octanol–water partition coefficient (Wildman–Crippen LogP) is 3.72. The molecule has 1 atom stereocenters. The van der Waals surface area contributed by atoms with Crippen molar-refractivity contribution in [3.05, 3.63) is 34.6 Å². The maximum absolute atomic E-state index is 14.0. The van der Waals surface area contributed by atoms with Gasteiger partial charge in [0, 0.05) is 12.3 Å². The summed E-state index contributed by atoms with van der Waals surface area (Å²) in [6.07, 6.45) is -3.27. The number of aliphatic imine (C=N–C) groups is 1. The molecule has 0 radical (unpaired) electrons. The van der Waals surface area contributed by atoms with Crippen LogP contribution in [0.1, 0.15) is 35.7 Å². The van der Waals surface area contributed by atoms with Crippen LogP contribution in [0.4, 0.5) is 26.3 Å². The van der Waals surface area contributed by atoms with Crippen LogP contribution in [0.5, 0.6) is 0 Å². The quantitative estimate of drug-likeness (QED) is 0.189. The average Bonchev–Trinajstić information content (AvgIpc) is 3.36. The van der Waals surface area contributed by atoms with E-state index in [1.165, 1.54) is 6.92 Å². The standard InChI is InChI=1S/C16H13F6NO3/c1-2-26-15(25)8(6-23-7-3-4-7)14(24)11-9(16(20,21)22)5-10(17)12(18)13(11)19/h5-8H,2-4H2,1H3. The third-order valence-electron chi connectivity index (χ3n) is 3.53. The summed E-state index contributed by atoms with van der Waals surface area (Å²) in [7, 11) is 0. The number of halogens is 6. The zero-order chi connectivity index (χ0) is 19.6. The van der Waals surface area contributed by atoms with Gasteiger partial charge in [-0.05, 0) is 25.8 Å². The predicted molar refractivity (Wildman–Crippen MR) is 77.3 cm³/mol. The van der Waals surface area contributed by atoms with Crippen molar-refractivity contribution in [1.29, 1.82) is 0 Å². The number of carbonyl (C=O) groups excluding carboxylic acids is 2. The Kier molecular flexibility index (Phi) is 5.72. The first-order valence-electron chi connectivity index (χ1n) is 7.56. The van der Waals surface area contributed by atoms with Gasteiger partial charge in [-0.25, -0.2) is 13.2 Å². The number of Topliss-reactive ketones (excluding diaryl/α,β-unsaturated/α-hetero) is 1. The maximum atomic E-state index is 14.0. The van der Waals surface area contributed by atoms with Gasteiger partial charge in [0.05, 0.1) is 17.7 Å². The summed E-state index contributed by atoms with van der Waals surface area (Å²) in [6, 6.07) is -0.525. The largest absolute Gasteiger partial charge is 0.465 e. The number of carbonyl (C=O) groups is 2. The fourth-order valence-electron chi connectivity index (χ4n) is 2.11. The molecule has 0 aliphatic heterocycles. The van der Waals surface area contributed by atoms with E-state index in [2.05, 4.69) is 9.73 Å². The van der Waals surface area contributed by atoms with Gasteiger partial charge in [0.15, 0.2) is 29.2 Å². The summed E-state index contributed by atoms with van der Waals surface area (Å²) >= 11 is 0. The molecule has 0 N–H and O–H groups in total. The molecule has 1 aromatic carbocycles. The van der Waals surface area contributed by atoms with Crippen molar-refractivity contribution in [2.45, 2.75) is 32.0 Å². The molecule has 0 heterocycles. The first-order valence-corrected chi connectivity index (χ1v) is 7.56. The molecule has 10 heteroatoms. The lowest BCUT2D eigenvalue weighted by Gasteiger charge is -2.16. The number of hydrogen-bond donors (Lipinski definition) is 0. The van der Waals surface area contributed by atoms with Crippen molar-refractivity contribution in [3.63, 3.8) is 0 Å². The molecule has 1 unspecified atom stereocenters. The lowest BCUT2D eigenvalue weighted by atomic mass is 9.93. The highest BCUT2D eigenvalue weighted by atomic mass is 19.4. The summed E-state index contributed by atoms with van der Waals surface area (Å²) in [5.74, 6) is -11.7. The average molecular weight is 381 g/mol. The Morgan fingerprint density at radius 3 is 2.38 bits per heavy atom. The van der Waals surface area contributed by atoms with E-state index in [1.807, 2.05) is 0 Å². The van der Waals surface area contributed by atoms with E-state index < -0.39 is 52.4 Å². The summed E-state index contributed by atoms with van der Waals surface area (Å²) in [5, 5.41) is 0. The molecule has 1 fully saturated rings. The van der Waals surface area contributed by atoms with Crippen molar-refractivity contribution in [2.75, 3.05) is 6.61 Å². The molecule has 142 valence electrons. The Morgan fingerprint density at radius 1 is 1.27 bits per heavy atom. The first kappa shape index (κ1) is 19.9. The second kappa shape index (κ2) is 7.46. The number of ketones is 1. The molecule has 0 aromatic heterocycles. The van der Waals surface area contributed by atoms with Crippen molar-refractivity contribution < 1.29 is 40.7 Å². The summed E-state index contributed by atoms with van der Waals surface area (Å²) in [4.78, 5) is 28.2. The monoisotopic (exact) mass is 381 g/mol. The fraction of sp³-hybridized carbons (Fsp3) is 0.438. The molecule has 0 saturated heterocycles. The van der Waals surface area contributed by atoms with Crippen LogP contribution in [0.15, 0.2) is 11.1 Å². The number of benzene rings is 1. The van der Waals surface area contributed by atoms with E-state index in [1.54, 1.807) is 0 Å². The Morgan fingerprint density at radius 2 is 1.88 bits per heavy atom. The maximum Gasteiger partial charge on any atom is 0.417 e. The van der Waals surface area contributed by atoms with Gasteiger partial charge in [0.25, 0.3) is 0 Å². The third-order valence-corrected chi connectivity index (χ3v) is 3.53. The van der Waals surface area contributed by atoms with Crippen molar-refractivity contribution in [3.8, 4) is 0 Å². The van der Waals surface area contributed by atoms with Crippen LogP contribution >= 0.6 is 0 Å². The second-order valence-corrected chi connectivity index (χ2v) is 5.53. The van der Waals surface area contributed by atoms with E-state index in [4.69, 9.17) is 0 Å². The molecule has 0 amide bonds. The van der Waals surface area contributed by atoms with Crippen LogP contribution in [0.25, 0.3) is 0 Å². The molecule has 0 spiro atoms. The van der Waals surface area contributed by atoms with E-state index in [0.717, 1.165) is 6.21 Å². The van der Waals surface area contributed by atoms with Crippen LogP contribution in [-0.4, -0.2) is 30.6 Å². The van der Waals surface area contributed by atoms with Gasteiger partial charge < -0.3 is 4.74 Å². The lowest BCUT2D eigenvalue weighted by molar-refractivity contribution is -0.144. The van der Waals surface area contributed by atoms with Crippen molar-refractivity contribution >= 4 is 18.0 Å². The van der Waals surface area contributed by atoms with Crippen LogP contribution < -0.4 is 0 Å². The second-order valence-electron chi connectivity index (χ2n) is 5.53. The summed E-state index contributed by atoms with van der Waals surface area (Å²) in [6.45, 7) is 1.18. The Hall–Kier alpha value is -2.39. The Balaban J connectivity index is 2.56. The van der Waals surface area contributed by atoms with Crippen LogP contribution in [-0.2, 0) is 15.7 Å².